The maximum atomic E-state index is 15.1. The number of benzene rings is 1. The van der Waals surface area contributed by atoms with Crippen molar-refractivity contribution < 1.29 is 8.78 Å². The topological polar surface area (TPSA) is 75.4 Å². The lowest BCUT2D eigenvalue weighted by Crippen LogP contribution is -2.21. The fourth-order valence-corrected chi connectivity index (χ4v) is 3.59. The predicted octanol–water partition coefficient (Wildman–Crippen LogP) is 3.61. The SMILES string of the molecule is Cc1cc(-c2ncc(CNc3nccc(-c4ccc5c(c4)=NCN=5)c3F)cc2F)ccn1. The summed E-state index contributed by atoms with van der Waals surface area (Å²) in [5.74, 6) is -0.858. The Bertz CT molecular complexity index is 1450. The smallest absolute Gasteiger partial charge is 0.173 e. The molecule has 32 heavy (non-hydrogen) atoms. The minimum atomic E-state index is -0.486. The first-order valence-corrected chi connectivity index (χ1v) is 10.0. The fourth-order valence-electron chi connectivity index (χ4n) is 3.59. The zero-order valence-electron chi connectivity index (χ0n) is 17.2. The zero-order valence-corrected chi connectivity index (χ0v) is 17.2. The number of aryl methyl sites for hydroxylation is 1. The largest absolute Gasteiger partial charge is 0.363 e. The molecule has 1 aliphatic rings. The van der Waals surface area contributed by atoms with Crippen LogP contribution in [0.3, 0.4) is 0 Å². The third kappa shape index (κ3) is 3.82. The van der Waals surface area contributed by atoms with Crippen LogP contribution in [0.1, 0.15) is 11.3 Å². The highest BCUT2D eigenvalue weighted by Crippen LogP contribution is 2.26. The number of hydrogen-bond donors (Lipinski definition) is 1. The Kier molecular flexibility index (Phi) is 5.10. The van der Waals surface area contributed by atoms with Crippen LogP contribution in [0.25, 0.3) is 22.4 Å². The molecule has 1 aromatic carbocycles. The van der Waals surface area contributed by atoms with Crippen LogP contribution in [-0.2, 0) is 6.54 Å². The van der Waals surface area contributed by atoms with Gasteiger partial charge >= 0.3 is 0 Å². The highest BCUT2D eigenvalue weighted by molar-refractivity contribution is 5.67. The van der Waals surface area contributed by atoms with Crippen molar-refractivity contribution >= 4 is 5.82 Å². The average molecular weight is 428 g/mol. The summed E-state index contributed by atoms with van der Waals surface area (Å²) < 4.78 is 29.8. The molecule has 0 saturated carbocycles. The third-order valence-corrected chi connectivity index (χ3v) is 5.19. The van der Waals surface area contributed by atoms with Crippen LogP contribution in [0.2, 0.25) is 0 Å². The Morgan fingerprint density at radius 2 is 1.72 bits per heavy atom. The van der Waals surface area contributed by atoms with Crippen LogP contribution < -0.4 is 16.0 Å². The normalized spacial score (nSPS) is 12.1. The molecule has 0 fully saturated rings. The molecule has 0 saturated heterocycles. The van der Waals surface area contributed by atoms with Crippen molar-refractivity contribution in [2.45, 2.75) is 13.5 Å². The van der Waals surface area contributed by atoms with Gasteiger partial charge in [-0.15, -0.1) is 0 Å². The standard InChI is InChI=1S/C24H18F2N6/c1-14-8-17(4-6-27-14)23-19(25)9-15(11-29-23)12-30-24-22(26)18(5-7-28-24)16-2-3-20-21(10-16)32-13-31-20/h2-11H,12-13H2,1H3,(H,28,30). The first-order chi connectivity index (χ1) is 15.6. The van der Waals surface area contributed by atoms with Crippen molar-refractivity contribution in [3.8, 4) is 22.4 Å². The van der Waals surface area contributed by atoms with Gasteiger partial charge in [0.05, 0.1) is 10.7 Å². The molecule has 8 heteroatoms. The summed E-state index contributed by atoms with van der Waals surface area (Å²) in [7, 11) is 0. The Balaban J connectivity index is 1.37. The van der Waals surface area contributed by atoms with E-state index in [1.54, 1.807) is 30.6 Å². The molecule has 0 aliphatic carbocycles. The zero-order chi connectivity index (χ0) is 22.1. The molecule has 4 aromatic rings. The lowest BCUT2D eigenvalue weighted by Gasteiger charge is -2.11. The van der Waals surface area contributed by atoms with Gasteiger partial charge in [-0.05, 0) is 54.4 Å². The maximum absolute atomic E-state index is 15.1. The van der Waals surface area contributed by atoms with Crippen LogP contribution in [-0.4, -0.2) is 21.6 Å². The summed E-state index contributed by atoms with van der Waals surface area (Å²) in [4.78, 5) is 21.0. The molecule has 0 atom stereocenters. The van der Waals surface area contributed by atoms with Gasteiger partial charge in [-0.3, -0.25) is 20.0 Å². The third-order valence-electron chi connectivity index (χ3n) is 5.19. The van der Waals surface area contributed by atoms with Gasteiger partial charge in [0, 0.05) is 42.0 Å². The minimum Gasteiger partial charge on any atom is -0.363 e. The molecule has 158 valence electrons. The van der Waals surface area contributed by atoms with Crippen molar-refractivity contribution in [3.63, 3.8) is 0 Å². The minimum absolute atomic E-state index is 0.0823. The summed E-state index contributed by atoms with van der Waals surface area (Å²) in [5.41, 5.74) is 3.35. The van der Waals surface area contributed by atoms with E-state index in [4.69, 9.17) is 0 Å². The predicted molar refractivity (Wildman–Crippen MR) is 116 cm³/mol. The lowest BCUT2D eigenvalue weighted by atomic mass is 10.1. The van der Waals surface area contributed by atoms with Gasteiger partial charge in [-0.25, -0.2) is 13.8 Å². The molecule has 0 spiro atoms. The Morgan fingerprint density at radius 1 is 0.875 bits per heavy atom. The Hall–Kier alpha value is -4.07. The highest BCUT2D eigenvalue weighted by Gasteiger charge is 2.13. The Labute approximate surface area is 182 Å². The van der Waals surface area contributed by atoms with Gasteiger partial charge < -0.3 is 5.32 Å². The Morgan fingerprint density at radius 3 is 2.56 bits per heavy atom. The molecule has 3 aromatic heterocycles. The van der Waals surface area contributed by atoms with Crippen molar-refractivity contribution in [1.82, 2.24) is 15.0 Å². The molecule has 6 nitrogen and oxygen atoms in total. The van der Waals surface area contributed by atoms with Gasteiger partial charge in [-0.1, -0.05) is 6.07 Å². The number of aromatic nitrogens is 3. The van der Waals surface area contributed by atoms with Gasteiger partial charge in [0.25, 0.3) is 0 Å². The van der Waals surface area contributed by atoms with Gasteiger partial charge in [0.2, 0.25) is 0 Å². The van der Waals surface area contributed by atoms with E-state index >= 15 is 4.39 Å². The number of anilines is 1. The second kappa shape index (κ2) is 8.22. The van der Waals surface area contributed by atoms with E-state index in [2.05, 4.69) is 30.3 Å². The molecule has 4 heterocycles. The van der Waals surface area contributed by atoms with Crippen molar-refractivity contribution in [2.24, 2.45) is 9.98 Å². The van der Waals surface area contributed by atoms with Gasteiger partial charge in [-0.2, -0.15) is 0 Å². The molecular formula is C24H18F2N6. The first-order valence-electron chi connectivity index (χ1n) is 10.0. The van der Waals surface area contributed by atoms with E-state index in [0.717, 1.165) is 16.4 Å². The molecule has 1 N–H and O–H groups in total. The van der Waals surface area contributed by atoms with E-state index in [9.17, 15) is 4.39 Å². The van der Waals surface area contributed by atoms with E-state index in [1.807, 2.05) is 25.1 Å². The number of hydrogen-bond acceptors (Lipinski definition) is 6. The monoisotopic (exact) mass is 428 g/mol. The van der Waals surface area contributed by atoms with Crippen LogP contribution >= 0.6 is 0 Å². The van der Waals surface area contributed by atoms with Crippen LogP contribution in [0.5, 0.6) is 0 Å². The average Bonchev–Trinajstić information content (AvgIpc) is 3.26. The lowest BCUT2D eigenvalue weighted by molar-refractivity contribution is 0.622. The number of nitrogens with one attached hydrogen (secondary N) is 1. The van der Waals surface area contributed by atoms with Crippen LogP contribution in [0.4, 0.5) is 14.6 Å². The van der Waals surface area contributed by atoms with Gasteiger partial charge in [0.1, 0.15) is 18.2 Å². The molecule has 0 bridgehead atoms. The highest BCUT2D eigenvalue weighted by atomic mass is 19.1. The summed E-state index contributed by atoms with van der Waals surface area (Å²) in [6, 6.07) is 11.9. The van der Waals surface area contributed by atoms with E-state index in [0.29, 0.717) is 28.9 Å². The summed E-state index contributed by atoms with van der Waals surface area (Å²) in [6.07, 6.45) is 4.71. The second-order valence-electron chi connectivity index (χ2n) is 7.40. The van der Waals surface area contributed by atoms with E-state index in [1.165, 1.54) is 12.3 Å². The summed E-state index contributed by atoms with van der Waals surface area (Å²) >= 11 is 0. The summed E-state index contributed by atoms with van der Waals surface area (Å²) in [6.45, 7) is 2.40. The molecular weight excluding hydrogens is 410 g/mol. The molecule has 0 radical (unpaired) electrons. The number of pyridine rings is 3. The number of halogens is 2. The number of nitrogens with zero attached hydrogens (tertiary/aromatic N) is 5. The molecule has 1 aliphatic heterocycles. The number of rotatable bonds is 5. The summed E-state index contributed by atoms with van der Waals surface area (Å²) in [5, 5.41) is 4.50. The quantitative estimate of drug-likeness (QED) is 0.527. The molecule has 0 amide bonds. The first kappa shape index (κ1) is 19.9. The van der Waals surface area contributed by atoms with E-state index < -0.39 is 11.6 Å². The fraction of sp³-hybridized carbons (Fsp3) is 0.125. The van der Waals surface area contributed by atoms with Crippen molar-refractivity contribution in [3.05, 3.63) is 94.7 Å². The van der Waals surface area contributed by atoms with Crippen molar-refractivity contribution in [2.75, 3.05) is 12.0 Å². The van der Waals surface area contributed by atoms with Gasteiger partial charge in [0.15, 0.2) is 11.6 Å². The molecule has 5 rings (SSSR count). The molecule has 0 unspecified atom stereocenters. The maximum Gasteiger partial charge on any atom is 0.173 e. The van der Waals surface area contributed by atoms with Crippen LogP contribution in [0.15, 0.2) is 71.0 Å². The number of fused-ring (bicyclic) bond motifs is 1. The van der Waals surface area contributed by atoms with Crippen molar-refractivity contribution in [1.29, 1.82) is 0 Å². The van der Waals surface area contributed by atoms with Crippen LogP contribution in [0, 0.1) is 18.6 Å². The second-order valence-corrected chi connectivity index (χ2v) is 7.40. The van der Waals surface area contributed by atoms with E-state index in [-0.39, 0.29) is 18.1 Å².